The number of aromatic nitrogens is 5. The van der Waals surface area contributed by atoms with Gasteiger partial charge in [0.05, 0.1) is 6.54 Å². The van der Waals surface area contributed by atoms with Gasteiger partial charge in [0, 0.05) is 36.9 Å². The zero-order chi connectivity index (χ0) is 26.1. The molecule has 2 bridgehead atoms. The van der Waals surface area contributed by atoms with Crippen molar-refractivity contribution < 1.29 is 9.53 Å². The minimum absolute atomic E-state index is 0.0170. The lowest BCUT2D eigenvalue weighted by Gasteiger charge is -2.28. The Balaban J connectivity index is 1.24. The van der Waals surface area contributed by atoms with Crippen LogP contribution in [0, 0.1) is 0 Å². The molecule has 11 nitrogen and oxygen atoms in total. The number of hydrogen-bond donors (Lipinski definition) is 2. The molecule has 8 rings (SSSR count). The van der Waals surface area contributed by atoms with Crippen molar-refractivity contribution in [1.82, 2.24) is 29.6 Å². The van der Waals surface area contributed by atoms with E-state index in [4.69, 9.17) is 14.7 Å². The van der Waals surface area contributed by atoms with E-state index >= 15 is 0 Å². The molecule has 1 saturated carbocycles. The third kappa shape index (κ3) is 3.49. The van der Waals surface area contributed by atoms with E-state index in [0.717, 1.165) is 18.8 Å². The Labute approximate surface area is 223 Å². The molecule has 2 N–H and O–H groups in total. The van der Waals surface area contributed by atoms with Gasteiger partial charge < -0.3 is 15.4 Å². The average Bonchev–Trinajstić information content (AvgIpc) is 3.66. The van der Waals surface area contributed by atoms with Crippen LogP contribution in [0.5, 0.6) is 5.75 Å². The quantitative estimate of drug-likeness (QED) is 0.386. The minimum atomic E-state index is -0.210. The van der Waals surface area contributed by atoms with Crippen LogP contribution in [-0.2, 0) is 23.3 Å². The van der Waals surface area contributed by atoms with E-state index in [1.807, 2.05) is 12.2 Å². The molecular weight excluding hydrogens is 496 g/mol. The van der Waals surface area contributed by atoms with Crippen molar-refractivity contribution in [2.45, 2.75) is 37.8 Å². The molecule has 11 heteroatoms. The summed E-state index contributed by atoms with van der Waals surface area (Å²) in [6.07, 6.45) is 8.57. The summed E-state index contributed by atoms with van der Waals surface area (Å²) in [5.41, 5.74) is 4.17. The van der Waals surface area contributed by atoms with E-state index in [-0.39, 0.29) is 18.1 Å². The van der Waals surface area contributed by atoms with Gasteiger partial charge >= 0.3 is 0 Å². The van der Waals surface area contributed by atoms with Crippen LogP contribution in [0.4, 0.5) is 17.5 Å². The molecule has 4 aliphatic rings. The van der Waals surface area contributed by atoms with Gasteiger partial charge in [0.1, 0.15) is 5.39 Å². The zero-order valence-electron chi connectivity index (χ0n) is 21.2. The number of anilines is 3. The van der Waals surface area contributed by atoms with Crippen LogP contribution in [0.2, 0.25) is 0 Å². The molecule has 0 unspecified atom stereocenters. The Morgan fingerprint density at radius 1 is 1.08 bits per heavy atom. The maximum atomic E-state index is 13.4. The standard InChI is InChI=1S/C28H26N8O3/c37-23-15-39-21-6-7-22-32-25(21)34(23)10-2-1-3-11-35-26(38)19-14-30-27(33-24(19)36(22)35)31-18-4-5-20-17(12-18)13-29-16-28(20)8-9-28/h1,3-7,12,14,29H,2,8-11,13,15-16H2,(H,30,31,33). The third-order valence-corrected chi connectivity index (χ3v) is 8.15. The van der Waals surface area contributed by atoms with Crippen LogP contribution >= 0.6 is 0 Å². The van der Waals surface area contributed by atoms with Crippen LogP contribution < -0.4 is 25.8 Å². The molecule has 4 aromatic rings. The second-order valence-corrected chi connectivity index (χ2v) is 10.6. The lowest BCUT2D eigenvalue weighted by atomic mass is 9.88. The molecule has 3 aromatic heterocycles. The zero-order valence-corrected chi connectivity index (χ0v) is 21.2. The molecule has 1 fully saturated rings. The molecule has 1 aromatic carbocycles. The highest BCUT2D eigenvalue weighted by Gasteiger charge is 2.46. The first-order valence-corrected chi connectivity index (χ1v) is 13.3. The second-order valence-electron chi connectivity index (χ2n) is 10.6. The number of nitrogens with zero attached hydrogens (tertiary/aromatic N) is 6. The summed E-state index contributed by atoms with van der Waals surface area (Å²) < 4.78 is 8.92. The van der Waals surface area contributed by atoms with Crippen LogP contribution in [0.15, 0.2) is 53.5 Å². The van der Waals surface area contributed by atoms with Gasteiger partial charge in [0.15, 0.2) is 29.6 Å². The van der Waals surface area contributed by atoms with Crippen molar-refractivity contribution in [1.29, 1.82) is 0 Å². The van der Waals surface area contributed by atoms with Gasteiger partial charge in [-0.05, 0) is 54.7 Å². The van der Waals surface area contributed by atoms with Crippen LogP contribution in [-0.4, -0.2) is 49.9 Å². The minimum Gasteiger partial charge on any atom is -0.480 e. The van der Waals surface area contributed by atoms with Crippen LogP contribution in [0.25, 0.3) is 16.9 Å². The number of fused-ring (bicyclic) bond motifs is 7. The van der Waals surface area contributed by atoms with E-state index in [1.54, 1.807) is 32.6 Å². The van der Waals surface area contributed by atoms with Gasteiger partial charge in [0.2, 0.25) is 5.95 Å². The monoisotopic (exact) mass is 522 g/mol. The number of carbonyl (C=O) groups excluding carboxylic acids is 1. The predicted molar refractivity (Wildman–Crippen MR) is 145 cm³/mol. The number of amides is 1. The molecule has 1 aliphatic carbocycles. The number of pyridine rings is 1. The SMILES string of the molecule is O=C1COc2ccc3nc2N1CCC=CCn1c(=O)c2cnc(Nc4ccc5c(c4)CNCC54CC4)nc2n1-3. The number of ether oxygens (including phenoxy) is 1. The van der Waals surface area contributed by atoms with E-state index in [9.17, 15) is 9.59 Å². The first-order chi connectivity index (χ1) is 19.1. The average molecular weight is 523 g/mol. The summed E-state index contributed by atoms with van der Waals surface area (Å²) in [5.74, 6) is 1.70. The number of carbonyl (C=O) groups is 1. The normalized spacial score (nSPS) is 18.8. The van der Waals surface area contributed by atoms with E-state index in [1.165, 1.54) is 24.0 Å². The summed E-state index contributed by atoms with van der Waals surface area (Å²) in [4.78, 5) is 41.7. The molecule has 1 amide bonds. The number of benzene rings is 1. The Kier molecular flexibility index (Phi) is 4.75. The van der Waals surface area contributed by atoms with Crippen molar-refractivity contribution >= 4 is 34.4 Å². The molecular formula is C28H26N8O3. The highest BCUT2D eigenvalue weighted by Crippen LogP contribution is 2.50. The highest BCUT2D eigenvalue weighted by atomic mass is 16.5. The predicted octanol–water partition coefficient (Wildman–Crippen LogP) is 2.54. The fourth-order valence-electron chi connectivity index (χ4n) is 5.99. The molecule has 196 valence electrons. The van der Waals surface area contributed by atoms with Crippen LogP contribution in [0.1, 0.15) is 30.4 Å². The topological polar surface area (TPSA) is 119 Å². The van der Waals surface area contributed by atoms with E-state index in [0.29, 0.717) is 59.3 Å². The Morgan fingerprint density at radius 3 is 2.90 bits per heavy atom. The van der Waals surface area contributed by atoms with Crippen molar-refractivity contribution in [2.75, 3.05) is 29.9 Å². The lowest BCUT2D eigenvalue weighted by Crippen LogP contribution is -2.40. The third-order valence-electron chi connectivity index (χ3n) is 8.15. The van der Waals surface area contributed by atoms with Crippen molar-refractivity contribution in [3.63, 3.8) is 0 Å². The smallest absolute Gasteiger partial charge is 0.278 e. The van der Waals surface area contributed by atoms with Gasteiger partial charge in [-0.1, -0.05) is 18.2 Å². The summed E-state index contributed by atoms with van der Waals surface area (Å²) in [6.45, 7) is 2.69. The Bertz CT molecular complexity index is 1770. The van der Waals surface area contributed by atoms with Crippen LogP contribution in [0.3, 0.4) is 0 Å². The fraction of sp³-hybridized carbons (Fsp3) is 0.321. The summed E-state index contributed by atoms with van der Waals surface area (Å²) in [7, 11) is 0. The highest BCUT2D eigenvalue weighted by molar-refractivity contribution is 5.96. The molecule has 6 heterocycles. The van der Waals surface area contributed by atoms with Crippen molar-refractivity contribution in [3.8, 4) is 11.6 Å². The maximum absolute atomic E-state index is 13.4. The number of allylic oxidation sites excluding steroid dienone is 1. The number of hydrogen-bond acceptors (Lipinski definition) is 8. The number of nitrogens with one attached hydrogen (secondary N) is 2. The lowest BCUT2D eigenvalue weighted by molar-refractivity contribution is -0.121. The maximum Gasteiger partial charge on any atom is 0.278 e. The van der Waals surface area contributed by atoms with Gasteiger partial charge in [-0.2, -0.15) is 4.98 Å². The second kappa shape index (κ2) is 8.24. The fourth-order valence-corrected chi connectivity index (χ4v) is 5.99. The summed E-state index contributed by atoms with van der Waals surface area (Å²) in [6, 6.07) is 10.0. The Hall–Kier alpha value is -4.51. The van der Waals surface area contributed by atoms with Gasteiger partial charge in [-0.15, -0.1) is 0 Å². The molecule has 39 heavy (non-hydrogen) atoms. The molecule has 0 saturated heterocycles. The number of rotatable bonds is 2. The van der Waals surface area contributed by atoms with E-state index in [2.05, 4.69) is 33.8 Å². The molecule has 0 atom stereocenters. The van der Waals surface area contributed by atoms with Crippen molar-refractivity contribution in [2.24, 2.45) is 0 Å². The molecule has 0 radical (unpaired) electrons. The van der Waals surface area contributed by atoms with E-state index < -0.39 is 0 Å². The summed E-state index contributed by atoms with van der Waals surface area (Å²) >= 11 is 0. The largest absolute Gasteiger partial charge is 0.480 e. The Morgan fingerprint density at radius 2 is 2.00 bits per heavy atom. The van der Waals surface area contributed by atoms with Gasteiger partial charge in [-0.3, -0.25) is 14.5 Å². The molecule has 3 aliphatic heterocycles. The van der Waals surface area contributed by atoms with Gasteiger partial charge in [-0.25, -0.2) is 19.3 Å². The first kappa shape index (κ1) is 22.5. The van der Waals surface area contributed by atoms with Crippen molar-refractivity contribution in [3.05, 3.63) is 70.2 Å². The van der Waals surface area contributed by atoms with Gasteiger partial charge in [0.25, 0.3) is 11.5 Å². The molecule has 1 spiro atoms. The summed E-state index contributed by atoms with van der Waals surface area (Å²) in [5, 5.41) is 7.27. The first-order valence-electron chi connectivity index (χ1n) is 13.3.